The second kappa shape index (κ2) is 16.4. The fraction of sp³-hybridized carbons (Fsp3) is 0.625. The Morgan fingerprint density at radius 3 is 2.45 bits per heavy atom. The van der Waals surface area contributed by atoms with Gasteiger partial charge in [-0.05, 0) is 63.5 Å². The lowest BCUT2D eigenvalue weighted by Crippen LogP contribution is -2.55. The van der Waals surface area contributed by atoms with Gasteiger partial charge in [0.1, 0.15) is 22.6 Å². The Balaban J connectivity index is 1.20. The number of rotatable bonds is 18. The van der Waals surface area contributed by atoms with E-state index in [0.717, 1.165) is 51.4 Å². The number of para-hydroxylation sites is 1. The number of amides is 3. The first-order chi connectivity index (χ1) is 22.4. The van der Waals surface area contributed by atoms with Gasteiger partial charge in [0, 0.05) is 19.0 Å². The van der Waals surface area contributed by atoms with E-state index in [1.807, 2.05) is 0 Å². The first-order valence-corrected chi connectivity index (χ1v) is 17.9. The first-order valence-electron chi connectivity index (χ1n) is 16.4. The lowest BCUT2D eigenvalue weighted by molar-refractivity contribution is -0.139. The molecule has 4 rings (SSSR count). The fourth-order valence-corrected chi connectivity index (χ4v) is 7.41. The van der Waals surface area contributed by atoms with Gasteiger partial charge in [-0.2, -0.15) is 0 Å². The van der Waals surface area contributed by atoms with Gasteiger partial charge in [-0.25, -0.2) is 22.7 Å². The molecule has 260 valence electrons. The normalized spacial score (nSPS) is 24.6. The molecule has 3 amide bonds. The average molecular weight is 678 g/mol. The molecule has 1 aliphatic heterocycles. The summed E-state index contributed by atoms with van der Waals surface area (Å²) >= 11 is 0. The largest absolute Gasteiger partial charge is 0.480 e. The van der Waals surface area contributed by atoms with Crippen molar-refractivity contribution < 1.29 is 42.5 Å². The van der Waals surface area contributed by atoms with Crippen molar-refractivity contribution in [3.05, 3.63) is 36.9 Å². The van der Waals surface area contributed by atoms with E-state index in [-0.39, 0.29) is 30.4 Å². The van der Waals surface area contributed by atoms with E-state index in [0.29, 0.717) is 25.1 Å². The molecule has 47 heavy (non-hydrogen) atoms. The molecular formula is C32H47N5O9S. The third-order valence-corrected chi connectivity index (χ3v) is 10.4. The van der Waals surface area contributed by atoms with Crippen molar-refractivity contribution in [1.29, 1.82) is 0 Å². The van der Waals surface area contributed by atoms with Crippen LogP contribution in [0.1, 0.15) is 77.0 Å². The van der Waals surface area contributed by atoms with Gasteiger partial charge in [-0.3, -0.25) is 9.59 Å². The summed E-state index contributed by atoms with van der Waals surface area (Å²) in [5.41, 5.74) is -1.12. The highest BCUT2D eigenvalue weighted by Gasteiger charge is 2.61. The highest BCUT2D eigenvalue weighted by Crippen LogP contribution is 2.45. The minimum absolute atomic E-state index is 0.107. The van der Waals surface area contributed by atoms with Crippen LogP contribution in [-0.2, 0) is 29.1 Å². The van der Waals surface area contributed by atoms with E-state index in [4.69, 9.17) is 4.74 Å². The molecule has 1 heterocycles. The number of benzene rings is 1. The number of β-amino-alcohol motifs (C(OH)–C–C–N with tert-alkyl or cyclic N) is 1. The molecule has 15 heteroatoms. The SMILES string of the molecule is C=C[C@@H]1C[C@@]1(NC(=O)[C@H]1C[C@@H](O)CN1)C(=O)NS(=O)(=O)c1ccccc1NCCCCCCC[C@H](NC(=O)OC1CCCC1)C(=O)O. The van der Waals surface area contributed by atoms with Crippen LogP contribution in [0, 0.1) is 5.92 Å². The number of sulfonamides is 1. The second-order valence-corrected chi connectivity index (χ2v) is 14.3. The molecule has 5 atom stereocenters. The quantitative estimate of drug-likeness (QED) is 0.0884. The number of aliphatic carboxylic acids is 1. The van der Waals surface area contributed by atoms with Crippen molar-refractivity contribution in [2.45, 2.75) is 112 Å². The maximum absolute atomic E-state index is 13.3. The Kier molecular flexibility index (Phi) is 12.6. The summed E-state index contributed by atoms with van der Waals surface area (Å²) in [5, 5.41) is 30.4. The van der Waals surface area contributed by atoms with Crippen LogP contribution in [0.5, 0.6) is 0 Å². The van der Waals surface area contributed by atoms with E-state index in [2.05, 4.69) is 32.6 Å². The van der Waals surface area contributed by atoms with Gasteiger partial charge in [-0.1, -0.05) is 43.9 Å². The van der Waals surface area contributed by atoms with Gasteiger partial charge < -0.3 is 36.2 Å². The topological polar surface area (TPSA) is 212 Å². The van der Waals surface area contributed by atoms with E-state index < -0.39 is 63.5 Å². The molecule has 1 saturated heterocycles. The highest BCUT2D eigenvalue weighted by atomic mass is 32.2. The molecule has 2 aliphatic carbocycles. The van der Waals surface area contributed by atoms with Crippen LogP contribution in [0.4, 0.5) is 10.5 Å². The molecule has 1 aromatic rings. The van der Waals surface area contributed by atoms with Crippen LogP contribution in [-0.4, -0.2) is 85.4 Å². The van der Waals surface area contributed by atoms with Gasteiger partial charge in [0.25, 0.3) is 15.9 Å². The number of carboxylic acids is 1. The number of unbranched alkanes of at least 4 members (excludes halogenated alkanes) is 4. The molecule has 0 aromatic heterocycles. The number of hydrogen-bond acceptors (Lipinski definition) is 10. The number of hydrogen-bond donors (Lipinski definition) is 7. The zero-order valence-electron chi connectivity index (χ0n) is 26.5. The van der Waals surface area contributed by atoms with Gasteiger partial charge in [-0.15, -0.1) is 6.58 Å². The van der Waals surface area contributed by atoms with E-state index in [9.17, 15) is 37.8 Å². The number of aliphatic hydroxyl groups excluding tert-OH is 1. The standard InChI is InChI=1S/C32H47N5O9S/c1-2-21-19-32(21,36-28(39)26-18-22(38)20-34-26)30(42)37-47(44,45)27-16-10-9-14-24(27)33-17-11-5-3-4-6-15-25(29(40)41)35-31(43)46-23-12-7-8-13-23/h2,9-10,14,16,21-23,25-26,33-34,38H,1,3-8,11-13,15,17-20H2,(H,35,43)(H,36,39)(H,37,42)(H,40,41)/t21-,22-,25+,26-,32+/m1/s1. The van der Waals surface area contributed by atoms with Crippen LogP contribution < -0.4 is 26.0 Å². The van der Waals surface area contributed by atoms with Crippen LogP contribution in [0.2, 0.25) is 0 Å². The summed E-state index contributed by atoms with van der Waals surface area (Å²) in [6.45, 7) is 4.42. The van der Waals surface area contributed by atoms with E-state index in [1.54, 1.807) is 18.2 Å². The molecule has 3 fully saturated rings. The summed E-state index contributed by atoms with van der Waals surface area (Å²) in [6, 6.07) is 4.54. The zero-order chi connectivity index (χ0) is 34.0. The Hall–Kier alpha value is -3.69. The Bertz CT molecular complexity index is 1400. The summed E-state index contributed by atoms with van der Waals surface area (Å²) in [7, 11) is -4.30. The number of carbonyl (C=O) groups excluding carboxylic acids is 3. The molecule has 2 saturated carbocycles. The van der Waals surface area contributed by atoms with Crippen LogP contribution >= 0.6 is 0 Å². The number of aliphatic hydroxyl groups is 1. The number of carboxylic acid groups (broad SMARTS) is 1. The molecule has 0 bridgehead atoms. The molecular weight excluding hydrogens is 630 g/mol. The van der Waals surface area contributed by atoms with Gasteiger partial charge >= 0.3 is 12.1 Å². The monoisotopic (exact) mass is 677 g/mol. The number of anilines is 1. The average Bonchev–Trinajstić information content (AvgIpc) is 3.29. The zero-order valence-corrected chi connectivity index (χ0v) is 27.4. The molecule has 0 spiro atoms. The number of ether oxygens (including phenoxy) is 1. The van der Waals surface area contributed by atoms with Crippen LogP contribution in [0.3, 0.4) is 0 Å². The summed E-state index contributed by atoms with van der Waals surface area (Å²) in [4.78, 5) is 49.6. The fourth-order valence-electron chi connectivity index (χ4n) is 6.19. The van der Waals surface area contributed by atoms with E-state index in [1.165, 1.54) is 12.1 Å². The molecule has 14 nitrogen and oxygen atoms in total. The maximum atomic E-state index is 13.3. The third-order valence-electron chi connectivity index (χ3n) is 9.03. The summed E-state index contributed by atoms with van der Waals surface area (Å²) in [5.74, 6) is -2.87. The number of carbonyl (C=O) groups is 4. The lowest BCUT2D eigenvalue weighted by atomic mass is 10.1. The molecule has 0 radical (unpaired) electrons. The minimum Gasteiger partial charge on any atom is -0.480 e. The van der Waals surface area contributed by atoms with Crippen LogP contribution in [0.15, 0.2) is 41.8 Å². The molecule has 7 N–H and O–H groups in total. The lowest BCUT2D eigenvalue weighted by Gasteiger charge is -2.21. The number of nitrogens with one attached hydrogen (secondary N) is 5. The van der Waals surface area contributed by atoms with Crippen molar-refractivity contribution >= 4 is 39.6 Å². The van der Waals surface area contributed by atoms with Crippen molar-refractivity contribution in [1.82, 2.24) is 20.7 Å². The van der Waals surface area contributed by atoms with Gasteiger partial charge in [0.15, 0.2) is 0 Å². The Labute approximate surface area is 275 Å². The highest BCUT2D eigenvalue weighted by molar-refractivity contribution is 7.90. The third kappa shape index (κ3) is 9.91. The number of alkyl carbamates (subject to hydrolysis) is 1. The maximum Gasteiger partial charge on any atom is 0.408 e. The molecule has 1 aromatic carbocycles. The minimum atomic E-state index is -4.30. The Morgan fingerprint density at radius 1 is 1.09 bits per heavy atom. The summed E-state index contributed by atoms with van der Waals surface area (Å²) < 4.78 is 34.1. The predicted octanol–water partition coefficient (Wildman–Crippen LogP) is 2.15. The molecule has 0 unspecified atom stereocenters. The van der Waals surface area contributed by atoms with Gasteiger partial charge in [0.2, 0.25) is 5.91 Å². The first kappa shape index (κ1) is 36.2. The van der Waals surface area contributed by atoms with E-state index >= 15 is 0 Å². The van der Waals surface area contributed by atoms with Crippen LogP contribution in [0.25, 0.3) is 0 Å². The second-order valence-electron chi connectivity index (χ2n) is 12.6. The Morgan fingerprint density at radius 2 is 1.79 bits per heavy atom. The molecule has 3 aliphatic rings. The predicted molar refractivity (Wildman–Crippen MR) is 173 cm³/mol. The van der Waals surface area contributed by atoms with Crippen molar-refractivity contribution in [3.63, 3.8) is 0 Å². The van der Waals surface area contributed by atoms with Gasteiger partial charge in [0.05, 0.1) is 17.8 Å². The van der Waals surface area contributed by atoms with Crippen molar-refractivity contribution in [2.24, 2.45) is 5.92 Å². The van der Waals surface area contributed by atoms with Crippen molar-refractivity contribution in [2.75, 3.05) is 18.4 Å². The summed E-state index contributed by atoms with van der Waals surface area (Å²) in [6.07, 6.45) is 8.07. The smallest absolute Gasteiger partial charge is 0.408 e. The van der Waals surface area contributed by atoms with Crippen molar-refractivity contribution in [3.8, 4) is 0 Å².